The number of rotatable bonds is 4. The molecular weight excluding hydrogens is 360 g/mol. The fraction of sp³-hybridized carbons (Fsp3) is 0.333. The van der Waals surface area contributed by atoms with Gasteiger partial charge in [-0.25, -0.2) is 4.39 Å². The highest BCUT2D eigenvalue weighted by molar-refractivity contribution is 7.80. The standard InChI is InChI=1S/C12H13Cl3FN3OS/c1-2-9(20)18-10(12(13,14)15)19-11(21)17-8-5-3-7(16)4-6-8/h3-6,10H,2H2,1H3,(H,18,20)(H2,17,19,21). The number of hydrogen-bond donors (Lipinski definition) is 3. The van der Waals surface area contributed by atoms with E-state index >= 15 is 0 Å². The van der Waals surface area contributed by atoms with Gasteiger partial charge in [-0.3, -0.25) is 4.79 Å². The van der Waals surface area contributed by atoms with E-state index in [4.69, 9.17) is 47.0 Å². The van der Waals surface area contributed by atoms with Gasteiger partial charge < -0.3 is 16.0 Å². The van der Waals surface area contributed by atoms with Gasteiger partial charge in [-0.15, -0.1) is 0 Å². The topological polar surface area (TPSA) is 53.2 Å². The molecule has 0 bridgehead atoms. The van der Waals surface area contributed by atoms with Crippen molar-refractivity contribution < 1.29 is 9.18 Å². The minimum Gasteiger partial charge on any atom is -0.339 e. The van der Waals surface area contributed by atoms with Crippen LogP contribution in [0.4, 0.5) is 10.1 Å². The monoisotopic (exact) mass is 371 g/mol. The molecule has 0 fully saturated rings. The number of benzene rings is 1. The lowest BCUT2D eigenvalue weighted by Crippen LogP contribution is -2.56. The maximum atomic E-state index is 12.8. The molecular formula is C12H13Cl3FN3OS. The molecule has 1 atom stereocenters. The molecule has 1 unspecified atom stereocenters. The van der Waals surface area contributed by atoms with Gasteiger partial charge in [-0.05, 0) is 36.5 Å². The van der Waals surface area contributed by atoms with Crippen LogP contribution in [-0.4, -0.2) is 21.0 Å². The van der Waals surface area contributed by atoms with Gasteiger partial charge in [0.25, 0.3) is 0 Å². The first-order valence-corrected chi connectivity index (χ1v) is 7.45. The molecule has 1 rings (SSSR count). The first kappa shape index (κ1) is 18.2. The van der Waals surface area contributed by atoms with Crippen LogP contribution in [0.25, 0.3) is 0 Å². The zero-order valence-corrected chi connectivity index (χ0v) is 14.0. The summed E-state index contributed by atoms with van der Waals surface area (Å²) < 4.78 is 11.0. The van der Waals surface area contributed by atoms with Gasteiger partial charge in [0.05, 0.1) is 0 Å². The molecule has 21 heavy (non-hydrogen) atoms. The third-order valence-electron chi connectivity index (χ3n) is 2.33. The second-order valence-electron chi connectivity index (χ2n) is 4.00. The third kappa shape index (κ3) is 6.65. The molecule has 0 saturated heterocycles. The van der Waals surface area contributed by atoms with Crippen LogP contribution >= 0.6 is 47.0 Å². The van der Waals surface area contributed by atoms with Crippen molar-refractivity contribution in [3.05, 3.63) is 30.1 Å². The lowest BCUT2D eigenvalue weighted by molar-refractivity contribution is -0.121. The summed E-state index contributed by atoms with van der Waals surface area (Å²) in [5, 5.41) is 8.09. The van der Waals surface area contributed by atoms with Crippen LogP contribution < -0.4 is 16.0 Å². The predicted molar refractivity (Wildman–Crippen MR) is 88.3 cm³/mol. The Balaban J connectivity index is 2.67. The van der Waals surface area contributed by atoms with Crippen molar-refractivity contribution in [1.29, 1.82) is 0 Å². The summed E-state index contributed by atoms with van der Waals surface area (Å²) in [4.78, 5) is 11.4. The molecule has 1 amide bonds. The summed E-state index contributed by atoms with van der Waals surface area (Å²) >= 11 is 22.4. The summed E-state index contributed by atoms with van der Waals surface area (Å²) in [6.07, 6.45) is -0.771. The van der Waals surface area contributed by atoms with Crippen LogP contribution in [0.1, 0.15) is 13.3 Å². The quantitative estimate of drug-likeness (QED) is 0.431. The minimum absolute atomic E-state index is 0.120. The van der Waals surface area contributed by atoms with E-state index in [1.54, 1.807) is 6.92 Å². The van der Waals surface area contributed by atoms with Crippen molar-refractivity contribution in [2.75, 3.05) is 5.32 Å². The van der Waals surface area contributed by atoms with Crippen molar-refractivity contribution in [2.24, 2.45) is 0 Å². The van der Waals surface area contributed by atoms with Crippen molar-refractivity contribution in [1.82, 2.24) is 10.6 Å². The van der Waals surface area contributed by atoms with Gasteiger partial charge >= 0.3 is 0 Å². The van der Waals surface area contributed by atoms with Crippen LogP contribution in [0.5, 0.6) is 0 Å². The second-order valence-corrected chi connectivity index (χ2v) is 6.78. The summed E-state index contributed by atoms with van der Waals surface area (Å²) in [5.74, 6) is -0.669. The van der Waals surface area contributed by atoms with Gasteiger partial charge in [-0.2, -0.15) is 0 Å². The number of halogens is 4. The van der Waals surface area contributed by atoms with Gasteiger partial charge in [0, 0.05) is 12.1 Å². The molecule has 1 aromatic rings. The van der Waals surface area contributed by atoms with Gasteiger partial charge in [0.1, 0.15) is 12.0 Å². The summed E-state index contributed by atoms with van der Waals surface area (Å²) in [6, 6.07) is 5.54. The maximum absolute atomic E-state index is 12.8. The van der Waals surface area contributed by atoms with E-state index in [0.29, 0.717) is 5.69 Å². The molecule has 0 spiro atoms. The average Bonchev–Trinajstić information content (AvgIpc) is 2.39. The normalized spacial score (nSPS) is 12.4. The molecule has 0 heterocycles. The average molecular weight is 373 g/mol. The summed E-state index contributed by atoms with van der Waals surface area (Å²) in [5.41, 5.74) is 0.554. The molecule has 9 heteroatoms. The lowest BCUT2D eigenvalue weighted by Gasteiger charge is -2.27. The Morgan fingerprint density at radius 2 is 1.86 bits per heavy atom. The van der Waals surface area contributed by atoms with Gasteiger partial charge in [0.2, 0.25) is 9.70 Å². The summed E-state index contributed by atoms with van der Waals surface area (Å²) in [7, 11) is 0. The van der Waals surface area contributed by atoms with E-state index in [1.165, 1.54) is 24.3 Å². The Hall–Kier alpha value is -0.820. The van der Waals surface area contributed by atoms with E-state index in [-0.39, 0.29) is 23.3 Å². The highest BCUT2D eigenvalue weighted by Crippen LogP contribution is 2.29. The zero-order valence-electron chi connectivity index (χ0n) is 10.9. The predicted octanol–water partition coefficient (Wildman–Crippen LogP) is 3.33. The number of alkyl halides is 3. The van der Waals surface area contributed by atoms with Crippen molar-refractivity contribution in [2.45, 2.75) is 23.3 Å². The van der Waals surface area contributed by atoms with Crippen LogP contribution in [0, 0.1) is 5.82 Å². The molecule has 0 aliphatic carbocycles. The van der Waals surface area contributed by atoms with Crippen LogP contribution in [-0.2, 0) is 4.79 Å². The largest absolute Gasteiger partial charge is 0.339 e. The number of hydrogen-bond acceptors (Lipinski definition) is 2. The zero-order chi connectivity index (χ0) is 16.0. The first-order valence-electron chi connectivity index (χ1n) is 5.91. The number of anilines is 1. The Kier molecular flexibility index (Phi) is 6.93. The lowest BCUT2D eigenvalue weighted by atomic mass is 10.3. The molecule has 1 aromatic carbocycles. The van der Waals surface area contributed by atoms with Gasteiger partial charge in [0.15, 0.2) is 5.11 Å². The van der Waals surface area contributed by atoms with E-state index in [0.717, 1.165) is 0 Å². The first-order chi connectivity index (χ1) is 9.72. The van der Waals surface area contributed by atoms with E-state index in [9.17, 15) is 9.18 Å². The highest BCUT2D eigenvalue weighted by Gasteiger charge is 2.34. The Morgan fingerprint density at radius 1 is 1.29 bits per heavy atom. The smallest absolute Gasteiger partial charge is 0.228 e. The molecule has 0 saturated carbocycles. The number of amides is 1. The molecule has 3 N–H and O–H groups in total. The molecule has 0 aliphatic rings. The van der Waals surface area contributed by atoms with Crippen LogP contribution in [0.3, 0.4) is 0 Å². The van der Waals surface area contributed by atoms with Crippen molar-refractivity contribution >= 4 is 63.7 Å². The molecule has 0 radical (unpaired) electrons. The molecule has 0 aliphatic heterocycles. The van der Waals surface area contributed by atoms with Crippen LogP contribution in [0.2, 0.25) is 0 Å². The second kappa shape index (κ2) is 7.98. The fourth-order valence-electron chi connectivity index (χ4n) is 1.29. The number of nitrogens with one attached hydrogen (secondary N) is 3. The molecule has 116 valence electrons. The van der Waals surface area contributed by atoms with E-state index < -0.39 is 9.96 Å². The summed E-state index contributed by atoms with van der Waals surface area (Å²) in [6.45, 7) is 1.67. The molecule has 0 aromatic heterocycles. The van der Waals surface area contributed by atoms with Crippen molar-refractivity contribution in [3.63, 3.8) is 0 Å². The Labute approximate surface area is 142 Å². The van der Waals surface area contributed by atoms with E-state index in [2.05, 4.69) is 16.0 Å². The minimum atomic E-state index is -1.79. The van der Waals surface area contributed by atoms with E-state index in [1.807, 2.05) is 0 Å². The fourth-order valence-corrected chi connectivity index (χ4v) is 1.86. The van der Waals surface area contributed by atoms with Crippen molar-refractivity contribution in [3.8, 4) is 0 Å². The number of carbonyl (C=O) groups excluding carboxylic acids is 1. The maximum Gasteiger partial charge on any atom is 0.228 e. The van der Waals surface area contributed by atoms with Crippen LogP contribution in [0.15, 0.2) is 24.3 Å². The SMILES string of the molecule is CCC(=O)NC(NC(=S)Nc1ccc(F)cc1)C(Cl)(Cl)Cl. The number of thiocarbonyl (C=S) groups is 1. The molecule has 4 nitrogen and oxygen atoms in total. The number of carbonyl (C=O) groups is 1. The van der Waals surface area contributed by atoms with Gasteiger partial charge in [-0.1, -0.05) is 41.7 Å². The highest BCUT2D eigenvalue weighted by atomic mass is 35.6. The Morgan fingerprint density at radius 3 is 2.33 bits per heavy atom. The Bertz CT molecular complexity index is 507. The third-order valence-corrected chi connectivity index (χ3v) is 3.21.